The van der Waals surface area contributed by atoms with E-state index in [0.29, 0.717) is 0 Å². The van der Waals surface area contributed by atoms with Crippen LogP contribution in [0.15, 0.2) is 0 Å². The van der Waals surface area contributed by atoms with Crippen LogP contribution in [0.1, 0.15) is 46.0 Å². The number of thioether (sulfide) groups is 1. The predicted molar refractivity (Wildman–Crippen MR) is 61.3 cm³/mol. The maximum atomic E-state index is 10.3. The molecule has 1 unspecified atom stereocenters. The van der Waals surface area contributed by atoms with Gasteiger partial charge in [-0.05, 0) is 12.2 Å². The van der Waals surface area contributed by atoms with Crippen molar-refractivity contribution in [3.05, 3.63) is 0 Å². The molecule has 0 aliphatic heterocycles. The Morgan fingerprint density at radius 1 is 1.23 bits per heavy atom. The Morgan fingerprint density at radius 2 is 1.92 bits per heavy atom. The van der Waals surface area contributed by atoms with Gasteiger partial charge in [0.2, 0.25) is 0 Å². The quantitative estimate of drug-likeness (QED) is 0.420. The summed E-state index contributed by atoms with van der Waals surface area (Å²) in [5.41, 5.74) is 0. The molecule has 0 fully saturated rings. The van der Waals surface area contributed by atoms with E-state index in [1.54, 1.807) is 0 Å². The van der Waals surface area contributed by atoms with Crippen molar-refractivity contribution in [2.24, 2.45) is 5.92 Å². The molecule has 0 rings (SSSR count). The fourth-order valence-corrected chi connectivity index (χ4v) is 2.14. The van der Waals surface area contributed by atoms with Gasteiger partial charge in [-0.2, -0.15) is 11.8 Å². The summed E-state index contributed by atoms with van der Waals surface area (Å²) in [7, 11) is 0. The van der Waals surface area contributed by atoms with Crippen LogP contribution in [0, 0.1) is 5.92 Å². The Labute approximate surface area is 86.7 Å². The molecular weight excluding hydrogens is 180 g/mol. The third kappa shape index (κ3) is 9.94. The number of hydrogen-bond donors (Lipinski definition) is 0. The lowest BCUT2D eigenvalue weighted by Crippen LogP contribution is -1.99. The normalized spacial score (nSPS) is 12.8. The summed E-state index contributed by atoms with van der Waals surface area (Å²) in [6.07, 6.45) is 7.78. The van der Waals surface area contributed by atoms with Gasteiger partial charge in [0, 0.05) is 11.7 Å². The SMILES string of the molecule is CCCCCCCSCC(C)C=O. The average Bonchev–Trinajstić information content (AvgIpc) is 2.16. The zero-order valence-corrected chi connectivity index (χ0v) is 9.74. The monoisotopic (exact) mass is 202 g/mol. The Kier molecular flexibility index (Phi) is 10.1. The van der Waals surface area contributed by atoms with Crippen molar-refractivity contribution in [2.45, 2.75) is 46.0 Å². The summed E-state index contributed by atoms with van der Waals surface area (Å²) in [6.45, 7) is 4.22. The van der Waals surface area contributed by atoms with Gasteiger partial charge in [-0.1, -0.05) is 39.5 Å². The maximum Gasteiger partial charge on any atom is 0.123 e. The Bertz CT molecular complexity index is 115. The summed E-state index contributed by atoms with van der Waals surface area (Å²) in [4.78, 5) is 10.3. The van der Waals surface area contributed by atoms with E-state index in [2.05, 4.69) is 6.92 Å². The maximum absolute atomic E-state index is 10.3. The topological polar surface area (TPSA) is 17.1 Å². The first-order chi connectivity index (χ1) is 6.31. The minimum absolute atomic E-state index is 0.237. The molecular formula is C11H22OS. The van der Waals surface area contributed by atoms with Gasteiger partial charge in [0.25, 0.3) is 0 Å². The van der Waals surface area contributed by atoms with Crippen LogP contribution in [-0.2, 0) is 4.79 Å². The number of carbonyl (C=O) groups is 1. The first kappa shape index (κ1) is 13.0. The lowest BCUT2D eigenvalue weighted by Gasteiger charge is -2.03. The Balaban J connectivity index is 2.95. The molecule has 0 aromatic heterocycles. The number of hydrogen-bond acceptors (Lipinski definition) is 2. The molecule has 0 bridgehead atoms. The molecule has 0 N–H and O–H groups in total. The van der Waals surface area contributed by atoms with E-state index in [1.165, 1.54) is 37.9 Å². The predicted octanol–water partition coefficient (Wildman–Crippen LogP) is 3.53. The van der Waals surface area contributed by atoms with E-state index < -0.39 is 0 Å². The van der Waals surface area contributed by atoms with E-state index >= 15 is 0 Å². The number of rotatable bonds is 9. The highest BCUT2D eigenvalue weighted by molar-refractivity contribution is 7.99. The van der Waals surface area contributed by atoms with Gasteiger partial charge in [-0.25, -0.2) is 0 Å². The molecule has 2 heteroatoms. The van der Waals surface area contributed by atoms with Gasteiger partial charge < -0.3 is 4.79 Å². The second kappa shape index (κ2) is 10.1. The third-order valence-electron chi connectivity index (χ3n) is 2.01. The van der Waals surface area contributed by atoms with E-state index in [4.69, 9.17) is 0 Å². The highest BCUT2D eigenvalue weighted by Crippen LogP contribution is 2.11. The van der Waals surface area contributed by atoms with Gasteiger partial charge in [0.05, 0.1) is 0 Å². The van der Waals surface area contributed by atoms with Crippen LogP contribution in [0.3, 0.4) is 0 Å². The van der Waals surface area contributed by atoms with Crippen molar-refractivity contribution in [2.75, 3.05) is 11.5 Å². The number of aldehydes is 1. The highest BCUT2D eigenvalue weighted by atomic mass is 32.2. The standard InChI is InChI=1S/C11H22OS/c1-3-4-5-6-7-8-13-10-11(2)9-12/h9,11H,3-8,10H2,1-2H3. The van der Waals surface area contributed by atoms with Crippen LogP contribution >= 0.6 is 11.8 Å². The lowest BCUT2D eigenvalue weighted by atomic mass is 10.2. The molecule has 0 aliphatic carbocycles. The van der Waals surface area contributed by atoms with E-state index in [-0.39, 0.29) is 5.92 Å². The van der Waals surface area contributed by atoms with Crippen LogP contribution in [0.25, 0.3) is 0 Å². The van der Waals surface area contributed by atoms with Crippen LogP contribution in [0.4, 0.5) is 0 Å². The van der Waals surface area contributed by atoms with Crippen molar-refractivity contribution >= 4 is 18.0 Å². The molecule has 0 heterocycles. The van der Waals surface area contributed by atoms with E-state index in [0.717, 1.165) is 12.0 Å². The summed E-state index contributed by atoms with van der Waals surface area (Å²) in [6, 6.07) is 0. The fraction of sp³-hybridized carbons (Fsp3) is 0.909. The van der Waals surface area contributed by atoms with Crippen molar-refractivity contribution in [3.63, 3.8) is 0 Å². The van der Waals surface area contributed by atoms with Crippen LogP contribution in [-0.4, -0.2) is 17.8 Å². The molecule has 0 aliphatic rings. The highest BCUT2D eigenvalue weighted by Gasteiger charge is 1.98. The summed E-state index contributed by atoms with van der Waals surface area (Å²) < 4.78 is 0. The van der Waals surface area contributed by atoms with Gasteiger partial charge in [-0.3, -0.25) is 0 Å². The third-order valence-corrected chi connectivity index (χ3v) is 3.34. The van der Waals surface area contributed by atoms with Crippen molar-refractivity contribution in [1.82, 2.24) is 0 Å². The largest absolute Gasteiger partial charge is 0.303 e. The van der Waals surface area contributed by atoms with Crippen LogP contribution in [0.2, 0.25) is 0 Å². The fourth-order valence-electron chi connectivity index (χ4n) is 1.12. The Hall–Kier alpha value is 0.0200. The molecule has 1 nitrogen and oxygen atoms in total. The smallest absolute Gasteiger partial charge is 0.123 e. The van der Waals surface area contributed by atoms with Crippen molar-refractivity contribution < 1.29 is 4.79 Å². The molecule has 0 radical (unpaired) electrons. The van der Waals surface area contributed by atoms with E-state index in [1.807, 2.05) is 18.7 Å². The molecule has 0 saturated carbocycles. The molecule has 1 atom stereocenters. The first-order valence-electron chi connectivity index (χ1n) is 5.34. The minimum atomic E-state index is 0.237. The second-order valence-electron chi connectivity index (χ2n) is 3.60. The molecule has 78 valence electrons. The van der Waals surface area contributed by atoms with Gasteiger partial charge >= 0.3 is 0 Å². The molecule has 0 saturated heterocycles. The van der Waals surface area contributed by atoms with Crippen molar-refractivity contribution in [3.8, 4) is 0 Å². The Morgan fingerprint density at radius 3 is 2.54 bits per heavy atom. The number of unbranched alkanes of at least 4 members (excludes halogenated alkanes) is 4. The molecule has 0 aromatic rings. The average molecular weight is 202 g/mol. The van der Waals surface area contributed by atoms with Crippen LogP contribution in [0.5, 0.6) is 0 Å². The lowest BCUT2D eigenvalue weighted by molar-refractivity contribution is -0.110. The first-order valence-corrected chi connectivity index (χ1v) is 6.49. The molecule has 0 spiro atoms. The minimum Gasteiger partial charge on any atom is -0.303 e. The summed E-state index contributed by atoms with van der Waals surface area (Å²) >= 11 is 1.91. The molecule has 0 aromatic carbocycles. The van der Waals surface area contributed by atoms with E-state index in [9.17, 15) is 4.79 Å². The van der Waals surface area contributed by atoms with Gasteiger partial charge in [-0.15, -0.1) is 0 Å². The van der Waals surface area contributed by atoms with Crippen LogP contribution < -0.4 is 0 Å². The van der Waals surface area contributed by atoms with Gasteiger partial charge in [0.1, 0.15) is 6.29 Å². The summed E-state index contributed by atoms with van der Waals surface area (Å²) in [5, 5.41) is 0. The number of carbonyl (C=O) groups excluding carboxylic acids is 1. The molecule has 13 heavy (non-hydrogen) atoms. The molecule has 0 amide bonds. The zero-order chi connectivity index (χ0) is 9.94. The van der Waals surface area contributed by atoms with Gasteiger partial charge in [0.15, 0.2) is 0 Å². The summed E-state index contributed by atoms with van der Waals surface area (Å²) in [5.74, 6) is 2.46. The zero-order valence-electron chi connectivity index (χ0n) is 8.92. The second-order valence-corrected chi connectivity index (χ2v) is 4.75. The van der Waals surface area contributed by atoms with Crippen molar-refractivity contribution in [1.29, 1.82) is 0 Å².